The molecule has 1 atom stereocenters. The van der Waals surface area contributed by atoms with E-state index >= 15 is 0 Å². The van der Waals surface area contributed by atoms with Crippen molar-refractivity contribution in [2.24, 2.45) is 0 Å². The number of carbonyl (C=O) groups excluding carboxylic acids is 1. The largest absolute Gasteiger partial charge is 0.384 e. The Morgan fingerprint density at radius 2 is 1.96 bits per heavy atom. The fourth-order valence-corrected chi connectivity index (χ4v) is 2.56. The third-order valence-electron chi connectivity index (χ3n) is 3.99. The van der Waals surface area contributed by atoms with Gasteiger partial charge in [0.05, 0.1) is 12.2 Å². The highest BCUT2D eigenvalue weighted by Crippen LogP contribution is 2.19. The van der Waals surface area contributed by atoms with Crippen LogP contribution in [0.5, 0.6) is 0 Å². The normalized spacial score (nSPS) is 13.3. The molecule has 2 rings (SSSR count). The molecule has 0 aliphatic rings. The molecule has 0 fully saturated rings. The van der Waals surface area contributed by atoms with Crippen molar-refractivity contribution in [2.75, 3.05) is 13.1 Å². The van der Waals surface area contributed by atoms with E-state index in [1.807, 2.05) is 24.6 Å². The number of benzene rings is 1. The zero-order valence-electron chi connectivity index (χ0n) is 14.8. The summed E-state index contributed by atoms with van der Waals surface area (Å²) in [4.78, 5) is 11.8. The number of carbonyl (C=O) groups is 1. The van der Waals surface area contributed by atoms with Gasteiger partial charge >= 0.3 is 6.03 Å². The number of aryl methyl sites for hydroxylation is 3. The minimum absolute atomic E-state index is 0.0297. The zero-order chi connectivity index (χ0) is 18.4. The van der Waals surface area contributed by atoms with Gasteiger partial charge in [-0.2, -0.15) is 5.10 Å². The Morgan fingerprint density at radius 3 is 2.56 bits per heavy atom. The van der Waals surface area contributed by atoms with E-state index in [1.54, 1.807) is 6.92 Å². The highest BCUT2D eigenvalue weighted by molar-refractivity contribution is 5.73. The van der Waals surface area contributed by atoms with Crippen molar-refractivity contribution in [3.8, 4) is 0 Å². The lowest BCUT2D eigenvalue weighted by molar-refractivity contribution is 0.0593. The van der Waals surface area contributed by atoms with Gasteiger partial charge in [-0.15, -0.1) is 0 Å². The molecule has 6 nitrogen and oxygen atoms in total. The smallest absolute Gasteiger partial charge is 0.314 e. The van der Waals surface area contributed by atoms with Gasteiger partial charge in [0.15, 0.2) is 0 Å². The monoisotopic (exact) mass is 348 g/mol. The SMILES string of the molecule is Cc1cc(C)n(CCCNC(=O)NCC(C)(O)c2ccc(F)cc2)n1. The third-order valence-corrected chi connectivity index (χ3v) is 3.99. The lowest BCUT2D eigenvalue weighted by Crippen LogP contribution is -2.43. The maximum atomic E-state index is 12.9. The molecule has 0 spiro atoms. The van der Waals surface area contributed by atoms with Gasteiger partial charge in [-0.3, -0.25) is 4.68 Å². The molecule has 7 heteroatoms. The highest BCUT2D eigenvalue weighted by Gasteiger charge is 2.23. The summed E-state index contributed by atoms with van der Waals surface area (Å²) in [5, 5.41) is 20.2. The summed E-state index contributed by atoms with van der Waals surface area (Å²) in [5.41, 5.74) is 1.34. The van der Waals surface area contributed by atoms with Crippen LogP contribution in [0.4, 0.5) is 9.18 Å². The molecule has 2 aromatic rings. The van der Waals surface area contributed by atoms with Gasteiger partial charge in [-0.1, -0.05) is 12.1 Å². The van der Waals surface area contributed by atoms with Crippen molar-refractivity contribution in [3.63, 3.8) is 0 Å². The topological polar surface area (TPSA) is 79.2 Å². The van der Waals surface area contributed by atoms with Crippen LogP contribution in [0.3, 0.4) is 0 Å². The van der Waals surface area contributed by atoms with Gasteiger partial charge in [0.2, 0.25) is 0 Å². The molecular formula is C18H25FN4O2. The summed E-state index contributed by atoms with van der Waals surface area (Å²) in [6.07, 6.45) is 0.754. The van der Waals surface area contributed by atoms with E-state index < -0.39 is 5.60 Å². The first-order chi connectivity index (χ1) is 11.8. The van der Waals surface area contributed by atoms with Crippen LogP contribution in [0, 0.1) is 19.7 Å². The summed E-state index contributed by atoms with van der Waals surface area (Å²) in [6, 6.07) is 7.23. The van der Waals surface area contributed by atoms with E-state index in [-0.39, 0.29) is 18.4 Å². The maximum Gasteiger partial charge on any atom is 0.314 e. The van der Waals surface area contributed by atoms with Crippen molar-refractivity contribution < 1.29 is 14.3 Å². The van der Waals surface area contributed by atoms with Gasteiger partial charge in [-0.25, -0.2) is 9.18 Å². The van der Waals surface area contributed by atoms with Crippen molar-refractivity contribution in [1.29, 1.82) is 0 Å². The molecule has 0 aliphatic heterocycles. The molecule has 25 heavy (non-hydrogen) atoms. The van der Waals surface area contributed by atoms with Crippen LogP contribution >= 0.6 is 0 Å². The zero-order valence-corrected chi connectivity index (χ0v) is 14.8. The van der Waals surface area contributed by atoms with Gasteiger partial charge in [-0.05, 0) is 51.0 Å². The molecule has 0 aliphatic carbocycles. The molecule has 0 bridgehead atoms. The lowest BCUT2D eigenvalue weighted by atomic mass is 9.96. The number of hydrogen-bond donors (Lipinski definition) is 3. The van der Waals surface area contributed by atoms with Crippen LogP contribution in [0.1, 0.15) is 30.3 Å². The van der Waals surface area contributed by atoms with E-state index in [9.17, 15) is 14.3 Å². The number of aromatic nitrogens is 2. The van der Waals surface area contributed by atoms with E-state index in [0.717, 1.165) is 24.4 Å². The molecule has 1 unspecified atom stereocenters. The number of hydrogen-bond acceptors (Lipinski definition) is 3. The van der Waals surface area contributed by atoms with Gasteiger partial charge < -0.3 is 15.7 Å². The van der Waals surface area contributed by atoms with Crippen LogP contribution < -0.4 is 10.6 Å². The fraction of sp³-hybridized carbons (Fsp3) is 0.444. The molecular weight excluding hydrogens is 323 g/mol. The standard InChI is InChI=1S/C18H25FN4O2/c1-13-11-14(2)23(22-13)10-4-9-20-17(24)21-12-18(3,25)15-5-7-16(19)8-6-15/h5-8,11,25H,4,9-10,12H2,1-3H3,(H2,20,21,24). The Morgan fingerprint density at radius 1 is 1.28 bits per heavy atom. The lowest BCUT2D eigenvalue weighted by Gasteiger charge is -2.24. The number of urea groups is 1. The molecule has 2 amide bonds. The maximum absolute atomic E-state index is 12.9. The van der Waals surface area contributed by atoms with Crippen LogP contribution in [-0.2, 0) is 12.1 Å². The fourth-order valence-electron chi connectivity index (χ4n) is 2.56. The Balaban J connectivity index is 1.71. The van der Waals surface area contributed by atoms with Crippen LogP contribution in [0.25, 0.3) is 0 Å². The first-order valence-corrected chi connectivity index (χ1v) is 8.29. The third kappa shape index (κ3) is 5.56. The Bertz CT molecular complexity index is 710. The summed E-state index contributed by atoms with van der Waals surface area (Å²) in [7, 11) is 0. The molecule has 136 valence electrons. The Kier molecular flexibility index (Phi) is 6.14. The van der Waals surface area contributed by atoms with E-state index in [1.165, 1.54) is 24.3 Å². The van der Waals surface area contributed by atoms with Gasteiger partial charge in [0.25, 0.3) is 0 Å². The van der Waals surface area contributed by atoms with E-state index in [4.69, 9.17) is 0 Å². The summed E-state index contributed by atoms with van der Waals surface area (Å²) in [6.45, 7) is 6.78. The first-order valence-electron chi connectivity index (χ1n) is 8.29. The first kappa shape index (κ1) is 18.9. The average molecular weight is 348 g/mol. The molecule has 0 saturated heterocycles. The Labute approximate surface area is 147 Å². The molecule has 1 heterocycles. The predicted octanol–water partition coefficient (Wildman–Crippen LogP) is 2.24. The second-order valence-corrected chi connectivity index (χ2v) is 6.39. The quantitative estimate of drug-likeness (QED) is 0.672. The number of rotatable bonds is 7. The van der Waals surface area contributed by atoms with Crippen LogP contribution in [-0.4, -0.2) is 34.0 Å². The van der Waals surface area contributed by atoms with Crippen molar-refractivity contribution >= 4 is 6.03 Å². The average Bonchev–Trinajstić information content (AvgIpc) is 2.88. The Hall–Kier alpha value is -2.41. The molecule has 1 aromatic heterocycles. The second-order valence-electron chi connectivity index (χ2n) is 6.39. The van der Waals surface area contributed by atoms with Crippen molar-refractivity contribution in [3.05, 3.63) is 53.1 Å². The van der Waals surface area contributed by atoms with Crippen LogP contribution in [0.2, 0.25) is 0 Å². The molecule has 0 radical (unpaired) electrons. The predicted molar refractivity (Wildman–Crippen MR) is 93.7 cm³/mol. The molecule has 0 saturated carbocycles. The number of nitrogens with one attached hydrogen (secondary N) is 2. The molecule has 3 N–H and O–H groups in total. The van der Waals surface area contributed by atoms with Crippen molar-refractivity contribution in [1.82, 2.24) is 20.4 Å². The van der Waals surface area contributed by atoms with E-state index in [0.29, 0.717) is 12.1 Å². The number of aliphatic hydroxyl groups is 1. The summed E-state index contributed by atoms with van der Waals surface area (Å²) < 4.78 is 14.9. The van der Waals surface area contributed by atoms with Gasteiger partial charge in [0, 0.05) is 18.8 Å². The van der Waals surface area contributed by atoms with Crippen molar-refractivity contribution in [2.45, 2.75) is 39.3 Å². The minimum Gasteiger partial charge on any atom is -0.384 e. The van der Waals surface area contributed by atoms with Gasteiger partial charge in [0.1, 0.15) is 11.4 Å². The number of nitrogens with zero attached hydrogens (tertiary/aromatic N) is 2. The summed E-state index contributed by atoms with van der Waals surface area (Å²) in [5.74, 6) is -0.368. The minimum atomic E-state index is -1.27. The van der Waals surface area contributed by atoms with Crippen LogP contribution in [0.15, 0.2) is 30.3 Å². The highest BCUT2D eigenvalue weighted by atomic mass is 19.1. The number of amides is 2. The molecule has 1 aromatic carbocycles. The summed E-state index contributed by atoms with van der Waals surface area (Å²) >= 11 is 0. The number of halogens is 1. The van der Waals surface area contributed by atoms with E-state index in [2.05, 4.69) is 15.7 Å². The second kappa shape index (κ2) is 8.11.